The Labute approximate surface area is 305 Å². The van der Waals surface area contributed by atoms with E-state index in [1.807, 2.05) is 18.2 Å². The van der Waals surface area contributed by atoms with Crippen molar-refractivity contribution in [2.45, 2.75) is 90.4 Å². The van der Waals surface area contributed by atoms with Crippen LogP contribution in [0.1, 0.15) is 77.3 Å². The minimum Gasteiger partial charge on any atom is -0.504 e. The number of fused-ring (bicyclic) bond motifs is 8. The van der Waals surface area contributed by atoms with E-state index in [1.165, 1.54) is 42.9 Å². The number of ketones is 1. The molecule has 0 saturated carbocycles. The number of hydrogen-bond acceptors (Lipinski definition) is 8. The van der Waals surface area contributed by atoms with E-state index in [4.69, 9.17) is 9.15 Å². The highest BCUT2D eigenvalue weighted by Crippen LogP contribution is 2.51. The molecule has 52 heavy (non-hydrogen) atoms. The SMILES string of the molecule is C.C.CN1C2CCC1CC(=C1c3ccccc3Oc3c(O)cccc31)C2.CN1C2CCC1CC(=O)C2.O=c1c2ccccc2oc2c(O)cccc12. The van der Waals surface area contributed by atoms with Crippen LogP contribution in [-0.2, 0) is 4.79 Å². The Morgan fingerprint density at radius 2 is 1.15 bits per heavy atom. The number of carbonyl (C=O) groups excluding carboxylic acids is 1. The molecule has 5 aliphatic rings. The molecule has 6 heterocycles. The monoisotopic (exact) mass is 702 g/mol. The Bertz CT molecular complexity index is 2170. The van der Waals surface area contributed by atoms with E-state index < -0.39 is 0 Å². The Morgan fingerprint density at radius 1 is 0.615 bits per heavy atom. The third kappa shape index (κ3) is 6.61. The molecule has 5 aliphatic heterocycles. The fourth-order valence-corrected chi connectivity index (χ4v) is 8.67. The van der Waals surface area contributed by atoms with E-state index in [9.17, 15) is 19.8 Å². The van der Waals surface area contributed by atoms with Crippen LogP contribution in [0, 0.1) is 0 Å². The van der Waals surface area contributed by atoms with Crippen LogP contribution in [-0.4, -0.2) is 64.1 Å². The average Bonchev–Trinajstić information content (AvgIpc) is 3.44. The van der Waals surface area contributed by atoms with E-state index in [1.54, 1.807) is 42.5 Å². The lowest BCUT2D eigenvalue weighted by Crippen LogP contribution is -2.39. The maximum absolute atomic E-state index is 12.1. The lowest BCUT2D eigenvalue weighted by Gasteiger charge is -2.35. The normalized spacial score (nSPS) is 22.8. The second-order valence-electron chi connectivity index (χ2n) is 14.3. The molecule has 8 heteroatoms. The molecule has 4 unspecified atom stereocenters. The maximum Gasteiger partial charge on any atom is 0.200 e. The van der Waals surface area contributed by atoms with Crippen LogP contribution in [0.3, 0.4) is 0 Å². The van der Waals surface area contributed by atoms with Crippen molar-refractivity contribution in [1.82, 2.24) is 9.80 Å². The van der Waals surface area contributed by atoms with Crippen molar-refractivity contribution in [1.29, 1.82) is 0 Å². The number of phenols is 2. The number of carbonyl (C=O) groups is 1. The summed E-state index contributed by atoms with van der Waals surface area (Å²) in [6, 6.07) is 28.1. The highest BCUT2D eigenvalue weighted by atomic mass is 16.5. The molecule has 5 aromatic rings. The zero-order valence-corrected chi connectivity index (χ0v) is 28.5. The number of ether oxygens (including phenoxy) is 1. The van der Waals surface area contributed by atoms with Crippen LogP contribution in [0.15, 0.2) is 99.7 Å². The summed E-state index contributed by atoms with van der Waals surface area (Å²) in [7, 11) is 4.41. The first-order valence-electron chi connectivity index (χ1n) is 17.7. The summed E-state index contributed by atoms with van der Waals surface area (Å²) >= 11 is 0. The number of aromatic hydroxyl groups is 2. The van der Waals surface area contributed by atoms with Crippen LogP contribution in [0.5, 0.6) is 23.0 Å². The number of para-hydroxylation sites is 4. The van der Waals surface area contributed by atoms with Crippen molar-refractivity contribution in [2.24, 2.45) is 0 Å². The lowest BCUT2D eigenvalue weighted by atomic mass is 9.84. The van der Waals surface area contributed by atoms with E-state index in [0.29, 0.717) is 52.1 Å². The van der Waals surface area contributed by atoms with Gasteiger partial charge < -0.3 is 19.4 Å². The fraction of sp³-hybridized carbons (Fsp3) is 0.364. The first kappa shape index (κ1) is 36.9. The van der Waals surface area contributed by atoms with Gasteiger partial charge in [-0.05, 0) is 94.6 Å². The Balaban J connectivity index is 0.000000143. The van der Waals surface area contributed by atoms with Gasteiger partial charge in [0.25, 0.3) is 0 Å². The average molecular weight is 703 g/mol. The Kier molecular flexibility index (Phi) is 10.6. The van der Waals surface area contributed by atoms with Gasteiger partial charge in [0, 0.05) is 48.1 Å². The summed E-state index contributed by atoms with van der Waals surface area (Å²) in [6.07, 6.45) is 8.93. The molecule has 4 atom stereocenters. The van der Waals surface area contributed by atoms with Gasteiger partial charge in [-0.2, -0.15) is 0 Å². The van der Waals surface area contributed by atoms with Crippen molar-refractivity contribution < 1.29 is 24.2 Å². The van der Waals surface area contributed by atoms with Crippen LogP contribution in [0.2, 0.25) is 0 Å². The zero-order valence-electron chi connectivity index (χ0n) is 28.5. The van der Waals surface area contributed by atoms with E-state index in [0.717, 1.165) is 42.6 Å². The third-order valence-electron chi connectivity index (χ3n) is 11.4. The molecule has 4 saturated heterocycles. The second kappa shape index (κ2) is 15.0. The summed E-state index contributed by atoms with van der Waals surface area (Å²) in [5.41, 5.74) is 5.61. The van der Waals surface area contributed by atoms with E-state index >= 15 is 0 Å². The Morgan fingerprint density at radius 3 is 1.85 bits per heavy atom. The van der Waals surface area contributed by atoms with Crippen LogP contribution in [0.4, 0.5) is 0 Å². The number of Topliss-reactive ketones (excluding diaryl/α,β-unsaturated/α-hetero) is 1. The molecule has 1 aromatic heterocycles. The van der Waals surface area contributed by atoms with Gasteiger partial charge in [0.2, 0.25) is 5.43 Å². The van der Waals surface area contributed by atoms with Gasteiger partial charge >= 0.3 is 0 Å². The molecular weight excluding hydrogens is 652 g/mol. The molecule has 272 valence electrons. The number of phenolic OH excluding ortho intramolecular Hbond substituents is 2. The Hall–Kier alpha value is -4.92. The topological polar surface area (TPSA) is 103 Å². The fourth-order valence-electron chi connectivity index (χ4n) is 8.67. The van der Waals surface area contributed by atoms with Crippen molar-refractivity contribution in [3.63, 3.8) is 0 Å². The molecule has 0 aliphatic carbocycles. The summed E-state index contributed by atoms with van der Waals surface area (Å²) in [4.78, 5) is 28.0. The maximum atomic E-state index is 12.1. The van der Waals surface area contributed by atoms with Gasteiger partial charge in [-0.1, -0.05) is 69.0 Å². The smallest absolute Gasteiger partial charge is 0.200 e. The number of rotatable bonds is 0. The second-order valence-corrected chi connectivity index (χ2v) is 14.3. The molecule has 4 bridgehead atoms. The lowest BCUT2D eigenvalue weighted by molar-refractivity contribution is -0.123. The molecule has 10 rings (SSSR count). The molecule has 0 spiro atoms. The molecular formula is C44H50N2O6. The minimum atomic E-state index is -0.118. The molecule has 4 aromatic carbocycles. The first-order chi connectivity index (χ1) is 24.3. The molecule has 0 amide bonds. The summed E-state index contributed by atoms with van der Waals surface area (Å²) < 4.78 is 11.5. The molecule has 0 radical (unpaired) electrons. The van der Waals surface area contributed by atoms with Crippen molar-refractivity contribution in [2.75, 3.05) is 14.1 Å². The third-order valence-corrected chi connectivity index (χ3v) is 11.4. The van der Waals surface area contributed by atoms with Gasteiger partial charge in [-0.15, -0.1) is 0 Å². The zero-order chi connectivity index (χ0) is 34.5. The predicted molar refractivity (Wildman–Crippen MR) is 208 cm³/mol. The largest absolute Gasteiger partial charge is 0.504 e. The standard InChI is InChI=1S/C21H21NO2.C13H8O3.C8H13NO.2CH4/c1-22-14-9-10-15(22)12-13(11-14)20-16-5-2-3-8-19(16)24-21-17(20)6-4-7-18(21)23;14-10-6-3-5-9-12(15)8-4-1-2-7-11(8)16-13(9)10;1-9-6-2-3-7(9)5-8(10)4-6;;/h2-8,14-15,23H,9-12H2,1H3;1-7,14H;6-7H,2-5H2,1H3;2*1H4. The summed E-state index contributed by atoms with van der Waals surface area (Å²) in [5.74, 6) is 2.13. The number of piperidine rings is 2. The van der Waals surface area contributed by atoms with E-state index in [-0.39, 0.29) is 37.4 Å². The van der Waals surface area contributed by atoms with Gasteiger partial charge in [-0.25, -0.2) is 0 Å². The molecule has 4 fully saturated rings. The van der Waals surface area contributed by atoms with Gasteiger partial charge in [-0.3, -0.25) is 19.4 Å². The van der Waals surface area contributed by atoms with Gasteiger partial charge in [0.15, 0.2) is 22.8 Å². The summed E-state index contributed by atoms with van der Waals surface area (Å²) in [6.45, 7) is 0. The van der Waals surface area contributed by atoms with Crippen molar-refractivity contribution in [3.05, 3.63) is 112 Å². The number of benzene rings is 4. The quantitative estimate of drug-likeness (QED) is 0.151. The van der Waals surface area contributed by atoms with Crippen LogP contribution in [0.25, 0.3) is 27.5 Å². The van der Waals surface area contributed by atoms with Crippen molar-refractivity contribution in [3.8, 4) is 23.0 Å². The van der Waals surface area contributed by atoms with Crippen molar-refractivity contribution >= 4 is 33.3 Å². The van der Waals surface area contributed by atoms with Crippen LogP contribution < -0.4 is 10.2 Å². The van der Waals surface area contributed by atoms with Gasteiger partial charge in [0.1, 0.15) is 17.1 Å². The predicted octanol–water partition coefficient (Wildman–Crippen LogP) is 9.29. The number of hydrogen-bond donors (Lipinski definition) is 2. The highest BCUT2D eigenvalue weighted by Gasteiger charge is 2.39. The highest BCUT2D eigenvalue weighted by molar-refractivity contribution is 5.92. The summed E-state index contributed by atoms with van der Waals surface area (Å²) in [5, 5.41) is 20.9. The van der Waals surface area contributed by atoms with Crippen LogP contribution >= 0.6 is 0 Å². The molecule has 8 nitrogen and oxygen atoms in total. The molecule has 2 N–H and O–H groups in total. The van der Waals surface area contributed by atoms with E-state index in [2.05, 4.69) is 42.1 Å². The van der Waals surface area contributed by atoms with Gasteiger partial charge in [0.05, 0.1) is 10.8 Å². The first-order valence-corrected chi connectivity index (χ1v) is 17.7. The minimum absolute atomic E-state index is 0. The number of nitrogens with zero attached hydrogens (tertiary/aromatic N) is 2.